The summed E-state index contributed by atoms with van der Waals surface area (Å²) in [6.45, 7) is 0.672. The fraction of sp³-hybridized carbons (Fsp3) is 0.533. The quantitative estimate of drug-likeness (QED) is 0.887. The lowest BCUT2D eigenvalue weighted by molar-refractivity contribution is 0.0690. The van der Waals surface area contributed by atoms with E-state index in [4.69, 9.17) is 9.84 Å². The third-order valence-corrected chi connectivity index (χ3v) is 4.45. The smallest absolute Gasteiger partial charge is 0.339 e. The first-order valence-electron chi connectivity index (χ1n) is 6.69. The van der Waals surface area contributed by atoms with Crippen LogP contribution in [0, 0.1) is 17.8 Å². The van der Waals surface area contributed by atoms with Crippen molar-refractivity contribution in [3.8, 4) is 5.75 Å². The summed E-state index contributed by atoms with van der Waals surface area (Å²) in [4.78, 5) is 11.1. The molecule has 3 rings (SSSR count). The zero-order valence-electron chi connectivity index (χ0n) is 10.3. The molecule has 3 unspecified atom stereocenters. The summed E-state index contributed by atoms with van der Waals surface area (Å²) >= 11 is 0. The van der Waals surface area contributed by atoms with Gasteiger partial charge in [0.1, 0.15) is 11.3 Å². The molecule has 2 saturated carbocycles. The summed E-state index contributed by atoms with van der Waals surface area (Å²) in [5, 5.41) is 9.08. The van der Waals surface area contributed by atoms with E-state index < -0.39 is 5.97 Å². The second kappa shape index (κ2) is 4.63. The van der Waals surface area contributed by atoms with E-state index in [1.165, 1.54) is 25.7 Å². The first kappa shape index (κ1) is 11.6. The summed E-state index contributed by atoms with van der Waals surface area (Å²) in [6, 6.07) is 6.89. The van der Waals surface area contributed by atoms with Crippen molar-refractivity contribution < 1.29 is 14.6 Å². The van der Waals surface area contributed by atoms with Gasteiger partial charge in [-0.25, -0.2) is 4.79 Å². The van der Waals surface area contributed by atoms with Crippen molar-refractivity contribution in [2.24, 2.45) is 17.8 Å². The zero-order valence-corrected chi connectivity index (χ0v) is 10.3. The van der Waals surface area contributed by atoms with Crippen LogP contribution >= 0.6 is 0 Å². The molecular weight excluding hydrogens is 228 g/mol. The highest BCUT2D eigenvalue weighted by Crippen LogP contribution is 2.48. The van der Waals surface area contributed by atoms with Crippen molar-refractivity contribution in [1.29, 1.82) is 0 Å². The van der Waals surface area contributed by atoms with Gasteiger partial charge in [-0.05, 0) is 49.1 Å². The van der Waals surface area contributed by atoms with Gasteiger partial charge in [0.2, 0.25) is 0 Å². The normalized spacial score (nSPS) is 29.4. The Morgan fingerprint density at radius 2 is 2.11 bits per heavy atom. The lowest BCUT2D eigenvalue weighted by atomic mass is 9.89. The van der Waals surface area contributed by atoms with Crippen LogP contribution in [0.5, 0.6) is 5.75 Å². The third kappa shape index (κ3) is 2.09. The standard InChI is InChI=1S/C15H18O3/c16-15(17)13-3-1-2-4-14(13)18-9-12-8-10-5-6-11(12)7-10/h1-4,10-12H,5-9H2,(H,16,17). The number of para-hydroxylation sites is 1. The summed E-state index contributed by atoms with van der Waals surface area (Å²) in [7, 11) is 0. The van der Waals surface area contributed by atoms with Crippen LogP contribution < -0.4 is 4.74 Å². The van der Waals surface area contributed by atoms with E-state index in [9.17, 15) is 4.79 Å². The van der Waals surface area contributed by atoms with Crippen LogP contribution in [0.2, 0.25) is 0 Å². The fourth-order valence-electron chi connectivity index (χ4n) is 3.55. The van der Waals surface area contributed by atoms with Crippen LogP contribution in [0.1, 0.15) is 36.0 Å². The molecule has 96 valence electrons. The van der Waals surface area contributed by atoms with E-state index in [2.05, 4.69) is 0 Å². The average Bonchev–Trinajstić information content (AvgIpc) is 2.98. The van der Waals surface area contributed by atoms with Crippen LogP contribution in [0.25, 0.3) is 0 Å². The van der Waals surface area contributed by atoms with Gasteiger partial charge in [0.25, 0.3) is 0 Å². The molecular formula is C15H18O3. The molecule has 1 aromatic carbocycles. The molecule has 0 saturated heterocycles. The molecule has 2 fully saturated rings. The van der Waals surface area contributed by atoms with Gasteiger partial charge in [0, 0.05) is 0 Å². The van der Waals surface area contributed by atoms with E-state index in [-0.39, 0.29) is 5.56 Å². The lowest BCUT2D eigenvalue weighted by Crippen LogP contribution is -2.19. The van der Waals surface area contributed by atoms with Gasteiger partial charge in [0.05, 0.1) is 6.61 Å². The van der Waals surface area contributed by atoms with Crippen molar-refractivity contribution in [2.75, 3.05) is 6.61 Å². The molecule has 3 atom stereocenters. The SMILES string of the molecule is O=C(O)c1ccccc1OCC1CC2CCC1C2. The monoisotopic (exact) mass is 246 g/mol. The Morgan fingerprint density at radius 3 is 2.78 bits per heavy atom. The van der Waals surface area contributed by atoms with E-state index in [1.54, 1.807) is 18.2 Å². The Morgan fingerprint density at radius 1 is 1.28 bits per heavy atom. The number of carbonyl (C=O) groups is 1. The van der Waals surface area contributed by atoms with Crippen LogP contribution in [0.3, 0.4) is 0 Å². The van der Waals surface area contributed by atoms with Crippen molar-refractivity contribution in [3.05, 3.63) is 29.8 Å². The van der Waals surface area contributed by atoms with Crippen LogP contribution in [0.4, 0.5) is 0 Å². The topological polar surface area (TPSA) is 46.5 Å². The summed E-state index contributed by atoms with van der Waals surface area (Å²) in [5.74, 6) is 1.93. The molecule has 0 spiro atoms. The number of aromatic carboxylic acids is 1. The molecule has 2 bridgehead atoms. The van der Waals surface area contributed by atoms with Gasteiger partial charge < -0.3 is 9.84 Å². The fourth-order valence-corrected chi connectivity index (χ4v) is 3.55. The van der Waals surface area contributed by atoms with Gasteiger partial charge in [0.15, 0.2) is 0 Å². The number of carboxylic acids is 1. The molecule has 0 aromatic heterocycles. The first-order chi connectivity index (χ1) is 8.74. The third-order valence-electron chi connectivity index (χ3n) is 4.45. The van der Waals surface area contributed by atoms with E-state index in [0.29, 0.717) is 18.3 Å². The number of hydrogen-bond donors (Lipinski definition) is 1. The largest absolute Gasteiger partial charge is 0.492 e. The Hall–Kier alpha value is -1.51. The molecule has 2 aliphatic carbocycles. The molecule has 3 heteroatoms. The molecule has 0 radical (unpaired) electrons. The summed E-state index contributed by atoms with van der Waals surface area (Å²) in [5.41, 5.74) is 0.264. The molecule has 2 aliphatic rings. The summed E-state index contributed by atoms with van der Waals surface area (Å²) in [6.07, 6.45) is 5.33. The zero-order chi connectivity index (χ0) is 12.5. The van der Waals surface area contributed by atoms with Gasteiger partial charge in [-0.15, -0.1) is 0 Å². The van der Waals surface area contributed by atoms with E-state index >= 15 is 0 Å². The number of hydrogen-bond acceptors (Lipinski definition) is 2. The van der Waals surface area contributed by atoms with Crippen LogP contribution in [-0.4, -0.2) is 17.7 Å². The molecule has 18 heavy (non-hydrogen) atoms. The highest BCUT2D eigenvalue weighted by Gasteiger charge is 2.39. The van der Waals surface area contributed by atoms with Crippen molar-refractivity contribution in [2.45, 2.75) is 25.7 Å². The number of rotatable bonds is 4. The van der Waals surface area contributed by atoms with Crippen molar-refractivity contribution >= 4 is 5.97 Å². The Balaban J connectivity index is 1.65. The minimum absolute atomic E-state index is 0.264. The van der Waals surface area contributed by atoms with Gasteiger partial charge in [-0.3, -0.25) is 0 Å². The van der Waals surface area contributed by atoms with Gasteiger partial charge >= 0.3 is 5.97 Å². The van der Waals surface area contributed by atoms with E-state index in [1.807, 2.05) is 6.07 Å². The molecule has 0 heterocycles. The first-order valence-corrected chi connectivity index (χ1v) is 6.69. The number of carboxylic acid groups (broad SMARTS) is 1. The van der Waals surface area contributed by atoms with Crippen LogP contribution in [-0.2, 0) is 0 Å². The Bertz CT molecular complexity index is 455. The highest BCUT2D eigenvalue weighted by atomic mass is 16.5. The maximum atomic E-state index is 11.1. The molecule has 1 aromatic rings. The second-order valence-corrected chi connectivity index (χ2v) is 5.55. The highest BCUT2D eigenvalue weighted by molar-refractivity contribution is 5.90. The van der Waals surface area contributed by atoms with Crippen LogP contribution in [0.15, 0.2) is 24.3 Å². The maximum absolute atomic E-state index is 11.1. The average molecular weight is 246 g/mol. The number of ether oxygens (including phenoxy) is 1. The predicted octanol–water partition coefficient (Wildman–Crippen LogP) is 3.20. The maximum Gasteiger partial charge on any atom is 0.339 e. The predicted molar refractivity (Wildman–Crippen MR) is 67.8 cm³/mol. The number of fused-ring (bicyclic) bond motifs is 2. The molecule has 0 aliphatic heterocycles. The summed E-state index contributed by atoms with van der Waals surface area (Å²) < 4.78 is 5.75. The second-order valence-electron chi connectivity index (χ2n) is 5.55. The number of benzene rings is 1. The molecule has 3 nitrogen and oxygen atoms in total. The Kier molecular flexibility index (Phi) is 2.98. The minimum atomic E-state index is -0.918. The van der Waals surface area contributed by atoms with Gasteiger partial charge in [-0.2, -0.15) is 0 Å². The minimum Gasteiger partial charge on any atom is -0.492 e. The Labute approximate surface area is 107 Å². The molecule has 0 amide bonds. The van der Waals surface area contributed by atoms with E-state index in [0.717, 1.165) is 11.8 Å². The lowest BCUT2D eigenvalue weighted by Gasteiger charge is -2.22. The molecule has 1 N–H and O–H groups in total. The van der Waals surface area contributed by atoms with Crippen molar-refractivity contribution in [3.63, 3.8) is 0 Å². The van der Waals surface area contributed by atoms with Gasteiger partial charge in [-0.1, -0.05) is 18.6 Å². The van der Waals surface area contributed by atoms with Crippen molar-refractivity contribution in [1.82, 2.24) is 0 Å².